The molecule has 0 radical (unpaired) electrons. The molecule has 5 heterocycles. The van der Waals surface area contributed by atoms with Gasteiger partial charge in [0.05, 0.1) is 28.7 Å². The number of hydrogen-bond acceptors (Lipinski definition) is 6. The highest BCUT2D eigenvalue weighted by molar-refractivity contribution is 7.12. The average Bonchev–Trinajstić information content (AvgIpc) is 3.54. The molecule has 5 rings (SSSR count). The summed E-state index contributed by atoms with van der Waals surface area (Å²) < 4.78 is 0. The van der Waals surface area contributed by atoms with E-state index in [-0.39, 0.29) is 30.0 Å². The lowest BCUT2D eigenvalue weighted by Gasteiger charge is -2.29. The van der Waals surface area contributed by atoms with Gasteiger partial charge in [0, 0.05) is 25.7 Å². The monoisotopic (exact) mass is 424 g/mol. The van der Waals surface area contributed by atoms with Crippen molar-refractivity contribution >= 4 is 23.2 Å². The molecule has 30 heavy (non-hydrogen) atoms. The number of fused-ring (bicyclic) bond motifs is 1. The standard InChI is InChI=1S/C20H20N6O3S/c27-18-12-11-25(20(29)16-4-2-10-30-16)9-6-13(12)22-17(23-18)15-3-1-8-26(15)19(28)14-5-7-21-24-14/h2,4-5,7,10,15H,1,3,6,8-9,11H2,(H,21,24)(H,22,23,27)/t15-/m0/s1. The first-order valence-corrected chi connectivity index (χ1v) is 10.7. The van der Waals surface area contributed by atoms with Crippen LogP contribution in [0, 0.1) is 0 Å². The van der Waals surface area contributed by atoms with E-state index < -0.39 is 0 Å². The maximum absolute atomic E-state index is 12.9. The predicted octanol–water partition coefficient (Wildman–Crippen LogP) is 1.73. The molecule has 0 bridgehead atoms. The number of nitrogens with zero attached hydrogens (tertiary/aromatic N) is 4. The molecule has 10 heteroatoms. The van der Waals surface area contributed by atoms with Gasteiger partial charge in [-0.15, -0.1) is 11.3 Å². The highest BCUT2D eigenvalue weighted by atomic mass is 32.1. The van der Waals surface area contributed by atoms with Crippen molar-refractivity contribution in [3.05, 3.63) is 67.8 Å². The van der Waals surface area contributed by atoms with E-state index in [1.54, 1.807) is 28.1 Å². The second-order valence-electron chi connectivity index (χ2n) is 7.46. The first kappa shape index (κ1) is 18.7. The molecule has 1 atom stereocenters. The van der Waals surface area contributed by atoms with Crippen molar-refractivity contribution in [2.45, 2.75) is 31.8 Å². The van der Waals surface area contributed by atoms with Crippen molar-refractivity contribution in [1.29, 1.82) is 0 Å². The van der Waals surface area contributed by atoms with E-state index in [2.05, 4.69) is 15.2 Å². The summed E-state index contributed by atoms with van der Waals surface area (Å²) in [7, 11) is 0. The van der Waals surface area contributed by atoms with E-state index in [9.17, 15) is 14.4 Å². The lowest BCUT2D eigenvalue weighted by Crippen LogP contribution is -2.40. The summed E-state index contributed by atoms with van der Waals surface area (Å²) in [5.41, 5.74) is 1.42. The number of H-pyrrole nitrogens is 2. The van der Waals surface area contributed by atoms with Crippen molar-refractivity contribution in [1.82, 2.24) is 30.0 Å². The summed E-state index contributed by atoms with van der Waals surface area (Å²) >= 11 is 1.39. The summed E-state index contributed by atoms with van der Waals surface area (Å²) in [5.74, 6) is 0.302. The Balaban J connectivity index is 1.40. The molecule has 1 fully saturated rings. The Morgan fingerprint density at radius 1 is 1.20 bits per heavy atom. The van der Waals surface area contributed by atoms with Gasteiger partial charge in [-0.2, -0.15) is 5.10 Å². The number of likely N-dealkylation sites (tertiary alicyclic amines) is 1. The quantitative estimate of drug-likeness (QED) is 0.664. The number of aromatic amines is 2. The first-order chi connectivity index (χ1) is 14.6. The number of carbonyl (C=O) groups excluding carboxylic acids is 2. The SMILES string of the molecule is O=C(c1cccs1)N1CCc2nc([C@@H]3CCCN3C(=O)c3ccn[nH]3)[nH]c(=O)c2C1. The number of nitrogens with one attached hydrogen (secondary N) is 2. The predicted molar refractivity (Wildman–Crippen MR) is 109 cm³/mol. The van der Waals surface area contributed by atoms with Crippen LogP contribution in [-0.4, -0.2) is 54.9 Å². The minimum absolute atomic E-state index is 0.0637. The molecule has 3 aromatic rings. The molecule has 0 unspecified atom stereocenters. The van der Waals surface area contributed by atoms with Crippen LogP contribution in [-0.2, 0) is 13.0 Å². The van der Waals surface area contributed by atoms with Crippen molar-refractivity contribution in [2.24, 2.45) is 0 Å². The molecule has 0 aliphatic carbocycles. The van der Waals surface area contributed by atoms with E-state index in [1.807, 2.05) is 11.4 Å². The number of rotatable bonds is 3. The fraction of sp³-hybridized carbons (Fsp3) is 0.350. The van der Waals surface area contributed by atoms with E-state index in [0.717, 1.165) is 12.8 Å². The molecule has 1 saturated heterocycles. The number of amides is 2. The number of hydrogen-bond donors (Lipinski definition) is 2. The minimum atomic E-state index is -0.274. The van der Waals surface area contributed by atoms with Crippen LogP contribution in [0.5, 0.6) is 0 Å². The van der Waals surface area contributed by atoms with Gasteiger partial charge in [0.1, 0.15) is 11.5 Å². The number of carbonyl (C=O) groups is 2. The van der Waals surface area contributed by atoms with Crippen LogP contribution in [0.2, 0.25) is 0 Å². The molecule has 2 aliphatic rings. The topological polar surface area (TPSA) is 115 Å². The van der Waals surface area contributed by atoms with Crippen LogP contribution in [0.3, 0.4) is 0 Å². The molecule has 2 N–H and O–H groups in total. The van der Waals surface area contributed by atoms with E-state index in [4.69, 9.17) is 4.98 Å². The van der Waals surface area contributed by atoms with Crippen LogP contribution in [0.1, 0.15) is 56.1 Å². The van der Waals surface area contributed by atoms with Gasteiger partial charge in [0.25, 0.3) is 17.4 Å². The lowest BCUT2D eigenvalue weighted by molar-refractivity contribution is 0.0714. The van der Waals surface area contributed by atoms with Crippen LogP contribution in [0.4, 0.5) is 0 Å². The molecular formula is C20H20N6O3S. The second-order valence-corrected chi connectivity index (χ2v) is 8.41. The van der Waals surface area contributed by atoms with Gasteiger partial charge in [-0.1, -0.05) is 6.07 Å². The molecule has 0 saturated carbocycles. The highest BCUT2D eigenvalue weighted by Gasteiger charge is 2.34. The third kappa shape index (κ3) is 3.22. The van der Waals surface area contributed by atoms with Gasteiger partial charge in [-0.3, -0.25) is 19.5 Å². The smallest absolute Gasteiger partial charge is 0.272 e. The van der Waals surface area contributed by atoms with Crippen LogP contribution in [0.15, 0.2) is 34.6 Å². The van der Waals surface area contributed by atoms with E-state index >= 15 is 0 Å². The minimum Gasteiger partial charge on any atom is -0.333 e. The van der Waals surface area contributed by atoms with Gasteiger partial charge in [-0.05, 0) is 30.4 Å². The Bertz CT molecular complexity index is 1140. The lowest BCUT2D eigenvalue weighted by atomic mass is 10.1. The van der Waals surface area contributed by atoms with Gasteiger partial charge in [0.15, 0.2) is 0 Å². The summed E-state index contributed by atoms with van der Waals surface area (Å²) in [6.07, 6.45) is 3.64. The van der Waals surface area contributed by atoms with Crippen molar-refractivity contribution < 1.29 is 9.59 Å². The number of thiophene rings is 1. The van der Waals surface area contributed by atoms with E-state index in [0.29, 0.717) is 47.2 Å². The Kier molecular flexibility index (Phi) is 4.70. The normalized spacial score (nSPS) is 18.5. The van der Waals surface area contributed by atoms with Gasteiger partial charge in [0.2, 0.25) is 0 Å². The third-order valence-corrected chi connectivity index (χ3v) is 6.52. The molecule has 3 aromatic heterocycles. The van der Waals surface area contributed by atoms with Crippen LogP contribution in [0.25, 0.3) is 0 Å². The highest BCUT2D eigenvalue weighted by Crippen LogP contribution is 2.31. The summed E-state index contributed by atoms with van der Waals surface area (Å²) in [6, 6.07) is 5.00. The molecule has 2 amide bonds. The molecule has 0 aromatic carbocycles. The van der Waals surface area contributed by atoms with Crippen LogP contribution >= 0.6 is 11.3 Å². The van der Waals surface area contributed by atoms with Crippen molar-refractivity contribution in [3.63, 3.8) is 0 Å². The van der Waals surface area contributed by atoms with Gasteiger partial charge < -0.3 is 14.8 Å². The summed E-state index contributed by atoms with van der Waals surface area (Å²) in [6.45, 7) is 1.36. The summed E-state index contributed by atoms with van der Waals surface area (Å²) in [4.78, 5) is 50.0. The van der Waals surface area contributed by atoms with Crippen molar-refractivity contribution in [2.75, 3.05) is 13.1 Å². The Hall–Kier alpha value is -3.27. The molecule has 9 nitrogen and oxygen atoms in total. The number of aromatic nitrogens is 4. The Morgan fingerprint density at radius 2 is 2.10 bits per heavy atom. The van der Waals surface area contributed by atoms with Crippen LogP contribution < -0.4 is 5.56 Å². The molecule has 0 spiro atoms. The zero-order valence-electron chi connectivity index (χ0n) is 16.1. The Morgan fingerprint density at radius 3 is 2.87 bits per heavy atom. The fourth-order valence-electron chi connectivity index (χ4n) is 4.16. The third-order valence-electron chi connectivity index (χ3n) is 5.67. The average molecular weight is 424 g/mol. The zero-order valence-corrected chi connectivity index (χ0v) is 16.9. The molecular weight excluding hydrogens is 404 g/mol. The van der Waals surface area contributed by atoms with Gasteiger partial charge in [-0.25, -0.2) is 4.98 Å². The van der Waals surface area contributed by atoms with Crippen molar-refractivity contribution in [3.8, 4) is 0 Å². The maximum Gasteiger partial charge on any atom is 0.272 e. The first-order valence-electron chi connectivity index (χ1n) is 9.87. The molecule has 154 valence electrons. The van der Waals surface area contributed by atoms with Gasteiger partial charge >= 0.3 is 0 Å². The molecule has 2 aliphatic heterocycles. The summed E-state index contributed by atoms with van der Waals surface area (Å²) in [5, 5.41) is 8.42. The Labute approximate surface area is 175 Å². The second kappa shape index (κ2) is 7.52. The maximum atomic E-state index is 12.9. The zero-order chi connectivity index (χ0) is 20.7. The van der Waals surface area contributed by atoms with E-state index in [1.165, 1.54) is 11.3 Å². The largest absolute Gasteiger partial charge is 0.333 e. The fourth-order valence-corrected chi connectivity index (χ4v) is 4.85.